The molecule has 5 heteroatoms. The fraction of sp³-hybridized carbons (Fsp3) is 0.200. The molecule has 0 fully saturated rings. The molecular weight excluding hydrogens is 761 g/mol. The fourth-order valence-electron chi connectivity index (χ4n) is 5.86. The van der Waals surface area contributed by atoms with Crippen molar-refractivity contribution in [2.24, 2.45) is 0 Å². The maximum atomic E-state index is 8.41. The second kappa shape index (κ2) is 13.5. The quantitative estimate of drug-likeness (QED) is 0.131. The van der Waals surface area contributed by atoms with Crippen molar-refractivity contribution in [3.8, 4) is 22.5 Å². The minimum atomic E-state index is -1.27. The third kappa shape index (κ3) is 6.73. The Kier molecular flexibility index (Phi) is 9.44. The molecule has 0 aliphatic carbocycles. The average molecular weight is 800 g/mol. The Balaban J connectivity index is 0.000000200. The van der Waals surface area contributed by atoms with Crippen LogP contribution in [0.3, 0.4) is 0 Å². The summed E-state index contributed by atoms with van der Waals surface area (Å²) in [6.45, 7) is 15.2. The van der Waals surface area contributed by atoms with Gasteiger partial charge in [0.25, 0.3) is 0 Å². The zero-order chi connectivity index (χ0) is 31.9. The van der Waals surface area contributed by atoms with E-state index in [-0.39, 0.29) is 20.1 Å². The van der Waals surface area contributed by atoms with Crippen LogP contribution in [0.4, 0.5) is 0 Å². The van der Waals surface area contributed by atoms with Crippen LogP contribution in [0.15, 0.2) is 97.3 Å². The number of hydrogen-bond acceptors (Lipinski definition) is 3. The van der Waals surface area contributed by atoms with Crippen LogP contribution in [0.2, 0.25) is 19.6 Å². The summed E-state index contributed by atoms with van der Waals surface area (Å²) in [6.07, 6.45) is 3.87. The first-order chi connectivity index (χ1) is 21.4. The van der Waals surface area contributed by atoms with Gasteiger partial charge in [-0.25, -0.2) is 0 Å². The van der Waals surface area contributed by atoms with Gasteiger partial charge >= 0.3 is 0 Å². The third-order valence-electron chi connectivity index (χ3n) is 8.10. The van der Waals surface area contributed by atoms with Gasteiger partial charge in [-0.1, -0.05) is 103 Å². The number of aryl methyl sites for hydroxylation is 2. The molecule has 0 saturated carbocycles. The van der Waals surface area contributed by atoms with Crippen LogP contribution in [0.25, 0.3) is 53.5 Å². The largest absolute Gasteiger partial charge is 0.305 e. The van der Waals surface area contributed by atoms with Crippen molar-refractivity contribution in [3.63, 3.8) is 0 Å². The van der Waals surface area contributed by atoms with Crippen molar-refractivity contribution in [3.05, 3.63) is 126 Å². The van der Waals surface area contributed by atoms with Crippen LogP contribution in [0.5, 0.6) is 0 Å². The maximum absolute atomic E-state index is 8.41. The molecule has 1 radical (unpaired) electrons. The molecule has 0 atom stereocenters. The number of aromatic nitrogens is 2. The molecule has 0 N–H and O–H groups in total. The molecule has 0 unspecified atom stereocenters. The van der Waals surface area contributed by atoms with E-state index < -0.39 is 14.0 Å². The van der Waals surface area contributed by atoms with Crippen molar-refractivity contribution in [2.45, 2.75) is 53.2 Å². The second-order valence-electron chi connectivity index (χ2n) is 12.6. The summed E-state index contributed by atoms with van der Waals surface area (Å²) in [5, 5.41) is 6.41. The van der Waals surface area contributed by atoms with Crippen molar-refractivity contribution in [2.75, 3.05) is 0 Å². The van der Waals surface area contributed by atoms with Gasteiger partial charge in [0, 0.05) is 44.3 Å². The maximum Gasteiger partial charge on any atom is 0.0798 e. The first-order valence-electron chi connectivity index (χ1n) is 15.6. The van der Waals surface area contributed by atoms with E-state index in [9.17, 15) is 0 Å². The van der Waals surface area contributed by atoms with Crippen LogP contribution >= 0.6 is 11.3 Å². The van der Waals surface area contributed by atoms with E-state index in [0.29, 0.717) is 0 Å². The molecule has 2 nitrogen and oxygen atoms in total. The van der Waals surface area contributed by atoms with Crippen molar-refractivity contribution >= 4 is 55.5 Å². The topological polar surface area (TPSA) is 25.8 Å². The number of thiophene rings is 1. The van der Waals surface area contributed by atoms with Crippen LogP contribution in [-0.2, 0) is 20.1 Å². The van der Waals surface area contributed by atoms with E-state index >= 15 is 0 Å². The van der Waals surface area contributed by atoms with Gasteiger partial charge in [0.15, 0.2) is 0 Å². The molecular formula is C40H38IrN2SSi-2. The van der Waals surface area contributed by atoms with Crippen LogP contribution in [0.1, 0.15) is 37.8 Å². The van der Waals surface area contributed by atoms with Crippen molar-refractivity contribution < 1.29 is 21.5 Å². The van der Waals surface area contributed by atoms with Crippen molar-refractivity contribution in [1.29, 1.82) is 0 Å². The fourth-order valence-corrected chi connectivity index (χ4v) is 8.79. The number of nitrogens with zero attached hydrogens (tertiary/aromatic N) is 2. The minimum absolute atomic E-state index is 0. The van der Waals surface area contributed by atoms with Crippen LogP contribution < -0.4 is 5.19 Å². The summed E-state index contributed by atoms with van der Waals surface area (Å²) in [6, 6.07) is 36.0. The molecule has 0 spiro atoms. The van der Waals surface area contributed by atoms with Gasteiger partial charge in [-0.3, -0.25) is 4.98 Å². The molecule has 7 aromatic rings. The number of fused-ring (bicyclic) bond motifs is 5. The van der Waals surface area contributed by atoms with Gasteiger partial charge in [-0.15, -0.1) is 53.4 Å². The Morgan fingerprint density at radius 2 is 1.60 bits per heavy atom. The predicted octanol–water partition coefficient (Wildman–Crippen LogP) is 10.9. The molecule has 0 saturated heterocycles. The summed E-state index contributed by atoms with van der Waals surface area (Å²) >= 11 is 1.80. The molecule has 45 heavy (non-hydrogen) atoms. The van der Waals surface area contributed by atoms with E-state index in [2.05, 4.69) is 116 Å². The molecule has 3 aromatic heterocycles. The standard InChI is InChI=1S/C25H20NS.C15H18NSi.Ir/c1-15(2)17-11-12-26-21(14-17)20-13-18-8-6-7-16(3)23(18)24-19-9-4-5-10-22(19)27-25(20)24;1-12-10-14(13-8-6-5-7-9-13)16-11-15(12)17(2,3)4;/h4-12,14-15H,1-3H3;5-8,10-11H,1-4H3;/q2*-1;/i15D;;. The summed E-state index contributed by atoms with van der Waals surface area (Å²) in [7, 11) is -1.27. The summed E-state index contributed by atoms with van der Waals surface area (Å²) in [5.41, 5.74) is 7.58. The zero-order valence-corrected chi connectivity index (χ0v) is 31.1. The van der Waals surface area contributed by atoms with E-state index in [0.717, 1.165) is 33.5 Å². The molecule has 229 valence electrons. The first-order valence-corrected chi connectivity index (χ1v) is 19.4. The van der Waals surface area contributed by atoms with Gasteiger partial charge in [-0.2, -0.15) is 11.3 Å². The Bertz CT molecular complexity index is 2160. The summed E-state index contributed by atoms with van der Waals surface area (Å²) in [4.78, 5) is 9.24. The second-order valence-corrected chi connectivity index (χ2v) is 18.7. The van der Waals surface area contributed by atoms with Crippen LogP contribution in [-0.4, -0.2) is 18.0 Å². The number of hydrogen-bond donors (Lipinski definition) is 0. The Morgan fingerprint density at radius 1 is 0.822 bits per heavy atom. The Hall–Kier alpha value is -3.47. The molecule has 0 amide bonds. The van der Waals surface area contributed by atoms with E-state index in [1.807, 2.05) is 50.4 Å². The van der Waals surface area contributed by atoms with Gasteiger partial charge < -0.3 is 4.98 Å². The predicted molar refractivity (Wildman–Crippen MR) is 194 cm³/mol. The zero-order valence-electron chi connectivity index (χ0n) is 27.9. The number of benzene rings is 4. The summed E-state index contributed by atoms with van der Waals surface area (Å²) < 4.78 is 10.9. The van der Waals surface area contributed by atoms with E-state index in [4.69, 9.17) is 1.37 Å². The molecule has 7 rings (SSSR count). The normalized spacial score (nSPS) is 12.0. The van der Waals surface area contributed by atoms with Crippen LogP contribution in [0, 0.1) is 26.0 Å². The third-order valence-corrected chi connectivity index (χ3v) is 11.4. The minimum Gasteiger partial charge on any atom is -0.305 e. The molecule has 0 aliphatic rings. The van der Waals surface area contributed by atoms with Gasteiger partial charge in [0.2, 0.25) is 0 Å². The van der Waals surface area contributed by atoms with E-state index in [1.54, 1.807) is 11.3 Å². The first kappa shape index (κ1) is 31.5. The van der Waals surface area contributed by atoms with Gasteiger partial charge in [0.1, 0.15) is 0 Å². The molecule has 0 bridgehead atoms. The SMILES string of the molecule is Cc1cc(-c2[c-]cccc2)ncc1[Si](C)(C)C.[2H]C(C)(C)c1ccnc(-c2[c-]c3cccc(C)c3c3c2sc2ccccc23)c1.[Ir]. The van der Waals surface area contributed by atoms with Crippen molar-refractivity contribution in [1.82, 2.24) is 9.97 Å². The number of pyridine rings is 2. The monoisotopic (exact) mass is 800 g/mol. The molecule has 4 aromatic carbocycles. The smallest absolute Gasteiger partial charge is 0.0798 e. The molecule has 3 heterocycles. The Labute approximate surface area is 287 Å². The number of rotatable bonds is 4. The molecule has 0 aliphatic heterocycles. The van der Waals surface area contributed by atoms with E-state index in [1.165, 1.54) is 41.9 Å². The Morgan fingerprint density at radius 3 is 2.31 bits per heavy atom. The average Bonchev–Trinajstić information content (AvgIpc) is 3.40. The summed E-state index contributed by atoms with van der Waals surface area (Å²) in [5.74, 6) is -0.662. The van der Waals surface area contributed by atoms with Gasteiger partial charge in [0.05, 0.1) is 8.07 Å². The van der Waals surface area contributed by atoms with Gasteiger partial charge in [-0.05, 0) is 58.4 Å².